The zero-order chi connectivity index (χ0) is 18.0. The summed E-state index contributed by atoms with van der Waals surface area (Å²) >= 11 is 5.82. The largest absolute Gasteiger partial charge is 0.321 e. The molecule has 3 atom stereocenters. The second-order valence-electron chi connectivity index (χ2n) is 6.73. The highest BCUT2D eigenvalue weighted by Crippen LogP contribution is 2.43. The fourth-order valence-electron chi connectivity index (χ4n) is 4.30. The molecule has 25 heavy (non-hydrogen) atoms. The molecule has 0 aromatic heterocycles. The van der Waals surface area contributed by atoms with E-state index in [1.165, 1.54) is 0 Å². The maximum Gasteiger partial charge on any atom is 0.321 e. The number of hydrogen-bond acceptors (Lipinski definition) is 5. The van der Waals surface area contributed by atoms with Gasteiger partial charge in [-0.2, -0.15) is 0 Å². The molecule has 1 heterocycles. The number of likely N-dealkylation sites (tertiary alicyclic amines) is 1. The molecule has 0 amide bonds. The number of benzene rings is 1. The average molecular weight is 366 g/mol. The third-order valence-electron chi connectivity index (χ3n) is 5.28. The van der Waals surface area contributed by atoms with E-state index in [1.807, 2.05) is 41.3 Å². The summed E-state index contributed by atoms with van der Waals surface area (Å²) in [5, 5.41) is 23.8. The van der Waals surface area contributed by atoms with Crippen LogP contribution in [0, 0.1) is 26.1 Å². The maximum atomic E-state index is 12.1. The van der Waals surface area contributed by atoms with Crippen LogP contribution < -0.4 is 0 Å². The molecular formula is C17H20ClN3O4. The van der Waals surface area contributed by atoms with Crippen molar-refractivity contribution in [3.63, 3.8) is 0 Å². The molecule has 0 N–H and O–H groups in total. The predicted octanol–water partition coefficient (Wildman–Crippen LogP) is 2.74. The summed E-state index contributed by atoms with van der Waals surface area (Å²) in [4.78, 5) is 24.9. The van der Waals surface area contributed by atoms with Gasteiger partial charge in [-0.15, -0.1) is 11.6 Å². The van der Waals surface area contributed by atoms with Crippen LogP contribution in [0.1, 0.15) is 18.4 Å². The SMILES string of the molecule is O=[N+]([O-])C1C2CC=C(CCCl)C1([N+](=O)[O-])CN(Cc1ccccc1)C2. The Kier molecular flexibility index (Phi) is 5.06. The van der Waals surface area contributed by atoms with Crippen LogP contribution in [0.2, 0.25) is 0 Å². The van der Waals surface area contributed by atoms with Crippen molar-refractivity contribution in [2.45, 2.75) is 31.0 Å². The van der Waals surface area contributed by atoms with Gasteiger partial charge in [0, 0.05) is 34.4 Å². The Hall–Kier alpha value is -1.99. The van der Waals surface area contributed by atoms with Crippen LogP contribution in [-0.4, -0.2) is 45.3 Å². The molecule has 0 spiro atoms. The third-order valence-corrected chi connectivity index (χ3v) is 5.47. The summed E-state index contributed by atoms with van der Waals surface area (Å²) in [6.45, 7) is 1.08. The van der Waals surface area contributed by atoms with E-state index in [2.05, 4.69) is 0 Å². The highest BCUT2D eigenvalue weighted by atomic mass is 35.5. The second kappa shape index (κ2) is 7.09. The lowest BCUT2D eigenvalue weighted by Gasteiger charge is -2.45. The first-order chi connectivity index (χ1) is 12.0. The Morgan fingerprint density at radius 2 is 1.96 bits per heavy atom. The zero-order valence-electron chi connectivity index (χ0n) is 13.7. The molecule has 1 saturated heterocycles. The van der Waals surface area contributed by atoms with Gasteiger partial charge in [-0.3, -0.25) is 25.1 Å². The number of rotatable bonds is 6. The summed E-state index contributed by atoms with van der Waals surface area (Å²) in [5.74, 6) is -0.146. The van der Waals surface area contributed by atoms with Crippen molar-refractivity contribution in [1.82, 2.24) is 4.90 Å². The Balaban J connectivity index is 1.98. The van der Waals surface area contributed by atoms with E-state index in [9.17, 15) is 20.2 Å². The van der Waals surface area contributed by atoms with Gasteiger partial charge in [0.1, 0.15) is 0 Å². The summed E-state index contributed by atoms with van der Waals surface area (Å²) < 4.78 is 0. The highest BCUT2D eigenvalue weighted by Gasteiger charge is 2.67. The van der Waals surface area contributed by atoms with E-state index >= 15 is 0 Å². The Morgan fingerprint density at radius 1 is 1.24 bits per heavy atom. The van der Waals surface area contributed by atoms with Gasteiger partial charge >= 0.3 is 5.54 Å². The smallest absolute Gasteiger partial charge is 0.291 e. The summed E-state index contributed by atoms with van der Waals surface area (Å²) in [7, 11) is 0. The van der Waals surface area contributed by atoms with E-state index < -0.39 is 21.4 Å². The van der Waals surface area contributed by atoms with Crippen molar-refractivity contribution < 1.29 is 9.85 Å². The lowest BCUT2D eigenvalue weighted by atomic mass is 9.67. The highest BCUT2D eigenvalue weighted by molar-refractivity contribution is 6.18. The molecule has 1 aromatic carbocycles. The van der Waals surface area contributed by atoms with E-state index in [1.54, 1.807) is 0 Å². The fourth-order valence-corrected chi connectivity index (χ4v) is 4.50. The first-order valence-corrected chi connectivity index (χ1v) is 8.82. The van der Waals surface area contributed by atoms with Crippen LogP contribution in [0.15, 0.2) is 42.0 Å². The molecule has 2 bridgehead atoms. The molecule has 7 nitrogen and oxygen atoms in total. The number of nitro groups is 2. The van der Waals surface area contributed by atoms with E-state index in [4.69, 9.17) is 11.6 Å². The van der Waals surface area contributed by atoms with E-state index in [0.29, 0.717) is 31.5 Å². The third kappa shape index (κ3) is 3.14. The zero-order valence-corrected chi connectivity index (χ0v) is 14.5. The minimum atomic E-state index is -1.69. The van der Waals surface area contributed by atoms with Gasteiger partial charge < -0.3 is 0 Å². The molecule has 1 aromatic rings. The van der Waals surface area contributed by atoms with Crippen LogP contribution in [0.4, 0.5) is 0 Å². The molecular weight excluding hydrogens is 346 g/mol. The van der Waals surface area contributed by atoms with Gasteiger partial charge in [-0.25, -0.2) is 0 Å². The molecule has 0 saturated carbocycles. The molecule has 3 unspecified atom stereocenters. The van der Waals surface area contributed by atoms with Crippen molar-refractivity contribution in [2.24, 2.45) is 5.92 Å². The first-order valence-electron chi connectivity index (χ1n) is 8.28. The standard InChI is InChI=1S/C17H20ClN3O4/c18-9-8-15-7-6-14-11-19(10-13-4-2-1-3-5-13)12-17(15,21(24)25)16(14)20(22)23/h1-5,7,14,16H,6,8-12H2. The summed E-state index contributed by atoms with van der Waals surface area (Å²) in [6.07, 6.45) is 2.60. The van der Waals surface area contributed by atoms with Gasteiger partial charge in [-0.05, 0) is 18.4 Å². The number of nitrogens with zero attached hydrogens (tertiary/aromatic N) is 3. The molecule has 2 aliphatic rings. The number of alkyl halides is 1. The van der Waals surface area contributed by atoms with Crippen molar-refractivity contribution in [1.29, 1.82) is 0 Å². The summed E-state index contributed by atoms with van der Waals surface area (Å²) in [6, 6.07) is 8.48. The molecule has 3 rings (SSSR count). The van der Waals surface area contributed by atoms with Gasteiger partial charge in [0.2, 0.25) is 0 Å². The van der Waals surface area contributed by atoms with Gasteiger partial charge in [-0.1, -0.05) is 36.4 Å². The van der Waals surface area contributed by atoms with Crippen molar-refractivity contribution in [3.05, 3.63) is 67.8 Å². The normalized spacial score (nSPS) is 29.1. The van der Waals surface area contributed by atoms with Crippen LogP contribution in [0.3, 0.4) is 0 Å². The minimum absolute atomic E-state index is 0.0414. The topological polar surface area (TPSA) is 89.5 Å². The number of allylic oxidation sites excluding steroid dienone is 1. The molecule has 134 valence electrons. The van der Waals surface area contributed by atoms with Gasteiger partial charge in [0.05, 0.1) is 12.5 Å². The second-order valence-corrected chi connectivity index (χ2v) is 7.11. The summed E-state index contributed by atoms with van der Waals surface area (Å²) in [5.41, 5.74) is -0.140. The molecule has 1 aliphatic carbocycles. The molecule has 1 aliphatic heterocycles. The van der Waals surface area contributed by atoms with Gasteiger partial charge in [0.25, 0.3) is 6.04 Å². The van der Waals surface area contributed by atoms with E-state index in [-0.39, 0.29) is 18.3 Å². The average Bonchev–Trinajstić information content (AvgIpc) is 2.57. The molecule has 8 heteroatoms. The van der Waals surface area contributed by atoms with E-state index in [0.717, 1.165) is 5.56 Å². The number of fused-ring (bicyclic) bond motifs is 2. The molecule has 0 radical (unpaired) electrons. The van der Waals surface area contributed by atoms with Crippen molar-refractivity contribution >= 4 is 11.6 Å². The number of halogens is 1. The molecule has 1 fully saturated rings. The Bertz CT molecular complexity index is 696. The monoisotopic (exact) mass is 365 g/mol. The van der Waals surface area contributed by atoms with Crippen LogP contribution >= 0.6 is 11.6 Å². The minimum Gasteiger partial charge on any atom is -0.291 e. The fraction of sp³-hybridized carbons (Fsp3) is 0.529. The maximum absolute atomic E-state index is 12.1. The lowest BCUT2D eigenvalue weighted by molar-refractivity contribution is -0.657. The van der Waals surface area contributed by atoms with Crippen LogP contribution in [-0.2, 0) is 6.54 Å². The number of piperidine rings is 1. The van der Waals surface area contributed by atoms with Crippen LogP contribution in [0.25, 0.3) is 0 Å². The quantitative estimate of drug-likeness (QED) is 0.334. The van der Waals surface area contributed by atoms with Crippen molar-refractivity contribution in [2.75, 3.05) is 19.0 Å². The van der Waals surface area contributed by atoms with Crippen molar-refractivity contribution in [3.8, 4) is 0 Å². The first kappa shape index (κ1) is 17.8. The predicted molar refractivity (Wildman–Crippen MR) is 93.8 cm³/mol. The lowest BCUT2D eigenvalue weighted by Crippen LogP contribution is -2.69. The van der Waals surface area contributed by atoms with Crippen LogP contribution in [0.5, 0.6) is 0 Å². The number of hydrogen-bond donors (Lipinski definition) is 0. The van der Waals surface area contributed by atoms with Gasteiger partial charge in [0.15, 0.2) is 0 Å². The Labute approximate surface area is 150 Å². The Morgan fingerprint density at radius 3 is 2.56 bits per heavy atom.